The lowest BCUT2D eigenvalue weighted by molar-refractivity contribution is 0.277. The minimum atomic E-state index is -0.130. The van der Waals surface area contributed by atoms with E-state index in [2.05, 4.69) is 30.2 Å². The van der Waals surface area contributed by atoms with Crippen molar-refractivity contribution in [3.05, 3.63) is 65.4 Å². The smallest absolute Gasteiger partial charge is 0.117 e. The van der Waals surface area contributed by atoms with E-state index in [0.29, 0.717) is 5.69 Å². The van der Waals surface area contributed by atoms with E-state index in [1.54, 1.807) is 0 Å². The average molecular weight is 279 g/mol. The number of rotatable bonds is 3. The molecule has 0 bridgehead atoms. The van der Waals surface area contributed by atoms with Gasteiger partial charge in [-0.3, -0.25) is 0 Å². The van der Waals surface area contributed by atoms with Crippen LogP contribution in [0.3, 0.4) is 0 Å². The molecule has 1 aromatic heterocycles. The van der Waals surface area contributed by atoms with E-state index in [1.807, 2.05) is 47.1 Å². The molecule has 0 saturated carbocycles. The van der Waals surface area contributed by atoms with Gasteiger partial charge >= 0.3 is 0 Å². The normalized spacial score (nSPS) is 10.8. The van der Waals surface area contributed by atoms with Gasteiger partial charge in [-0.25, -0.2) is 4.68 Å². The summed E-state index contributed by atoms with van der Waals surface area (Å²) in [6, 6.07) is 16.0. The van der Waals surface area contributed by atoms with Gasteiger partial charge in [-0.15, -0.1) is 5.10 Å². The van der Waals surface area contributed by atoms with Crippen LogP contribution in [0.5, 0.6) is 0 Å². The highest BCUT2D eigenvalue weighted by Crippen LogP contribution is 2.27. The Morgan fingerprint density at radius 2 is 1.76 bits per heavy atom. The lowest BCUT2D eigenvalue weighted by Crippen LogP contribution is -2.03. The molecule has 0 unspecified atom stereocenters. The molecule has 21 heavy (non-hydrogen) atoms. The van der Waals surface area contributed by atoms with Crippen molar-refractivity contribution in [2.45, 2.75) is 20.5 Å². The van der Waals surface area contributed by atoms with Crippen LogP contribution in [-0.2, 0) is 6.61 Å². The summed E-state index contributed by atoms with van der Waals surface area (Å²) in [5, 5.41) is 17.9. The van der Waals surface area contributed by atoms with Gasteiger partial charge in [0.1, 0.15) is 11.4 Å². The fourth-order valence-corrected chi connectivity index (χ4v) is 2.44. The molecular formula is C17H17N3O. The molecule has 0 aliphatic heterocycles. The van der Waals surface area contributed by atoms with Crippen LogP contribution in [0.25, 0.3) is 16.9 Å². The predicted octanol–water partition coefficient (Wildman–Crippen LogP) is 3.04. The highest BCUT2D eigenvalue weighted by atomic mass is 16.3. The van der Waals surface area contributed by atoms with Gasteiger partial charge < -0.3 is 5.11 Å². The fraction of sp³-hybridized carbons (Fsp3) is 0.176. The van der Waals surface area contributed by atoms with Crippen molar-refractivity contribution in [2.75, 3.05) is 0 Å². The van der Waals surface area contributed by atoms with E-state index in [9.17, 15) is 5.11 Å². The third-order valence-electron chi connectivity index (χ3n) is 3.74. The second kappa shape index (κ2) is 5.50. The van der Waals surface area contributed by atoms with Gasteiger partial charge in [0.05, 0.1) is 12.3 Å². The van der Waals surface area contributed by atoms with Crippen LogP contribution in [0.15, 0.2) is 48.5 Å². The van der Waals surface area contributed by atoms with Crippen LogP contribution in [0.4, 0.5) is 0 Å². The molecule has 0 spiro atoms. The van der Waals surface area contributed by atoms with Crippen molar-refractivity contribution in [1.29, 1.82) is 0 Å². The quantitative estimate of drug-likeness (QED) is 0.801. The zero-order valence-corrected chi connectivity index (χ0v) is 12.1. The van der Waals surface area contributed by atoms with Crippen molar-refractivity contribution in [1.82, 2.24) is 15.0 Å². The van der Waals surface area contributed by atoms with Crippen molar-refractivity contribution in [2.24, 2.45) is 0 Å². The predicted molar refractivity (Wildman–Crippen MR) is 82.2 cm³/mol. The molecule has 0 aliphatic carbocycles. The first kappa shape index (κ1) is 13.5. The first-order chi connectivity index (χ1) is 10.2. The Labute approximate surface area is 123 Å². The van der Waals surface area contributed by atoms with Crippen LogP contribution in [-0.4, -0.2) is 20.1 Å². The molecule has 2 aromatic carbocycles. The van der Waals surface area contributed by atoms with E-state index in [-0.39, 0.29) is 6.61 Å². The first-order valence-electron chi connectivity index (χ1n) is 6.90. The van der Waals surface area contributed by atoms with Crippen molar-refractivity contribution >= 4 is 0 Å². The summed E-state index contributed by atoms with van der Waals surface area (Å²) in [6.07, 6.45) is 0. The van der Waals surface area contributed by atoms with Crippen molar-refractivity contribution in [3.8, 4) is 16.9 Å². The third kappa shape index (κ3) is 2.34. The number of aliphatic hydroxyl groups is 1. The van der Waals surface area contributed by atoms with E-state index < -0.39 is 0 Å². The summed E-state index contributed by atoms with van der Waals surface area (Å²) in [5.74, 6) is 0. The number of nitrogens with zero attached hydrogens (tertiary/aromatic N) is 3. The van der Waals surface area contributed by atoms with Gasteiger partial charge in [0.25, 0.3) is 0 Å². The summed E-state index contributed by atoms with van der Waals surface area (Å²) in [6.45, 7) is 4.01. The van der Waals surface area contributed by atoms with Crippen molar-refractivity contribution in [3.63, 3.8) is 0 Å². The Balaban J connectivity index is 2.25. The third-order valence-corrected chi connectivity index (χ3v) is 3.74. The molecule has 0 amide bonds. The summed E-state index contributed by atoms with van der Waals surface area (Å²) >= 11 is 0. The number of aromatic nitrogens is 3. The van der Waals surface area contributed by atoms with Crippen LogP contribution in [0.2, 0.25) is 0 Å². The second-order valence-corrected chi connectivity index (χ2v) is 5.04. The maximum absolute atomic E-state index is 9.55. The Morgan fingerprint density at radius 1 is 1.00 bits per heavy atom. The van der Waals surface area contributed by atoms with E-state index in [0.717, 1.165) is 22.5 Å². The highest BCUT2D eigenvalue weighted by Gasteiger charge is 2.16. The molecule has 0 atom stereocenters. The standard InChI is InChI=1S/C17H17N3O/c1-12-7-6-10-16(13(12)2)20-17(15(11-21)18-19-20)14-8-4-3-5-9-14/h3-10,21H,11H2,1-2H3. The zero-order chi connectivity index (χ0) is 14.8. The maximum atomic E-state index is 9.55. The Hall–Kier alpha value is -2.46. The summed E-state index contributed by atoms with van der Waals surface area (Å²) in [7, 11) is 0. The topological polar surface area (TPSA) is 50.9 Å². The highest BCUT2D eigenvalue weighted by molar-refractivity contribution is 5.65. The number of benzene rings is 2. The van der Waals surface area contributed by atoms with Crippen LogP contribution in [0, 0.1) is 13.8 Å². The molecule has 3 aromatic rings. The van der Waals surface area contributed by atoms with Gasteiger partial charge in [0.15, 0.2) is 0 Å². The van der Waals surface area contributed by atoms with E-state index >= 15 is 0 Å². The van der Waals surface area contributed by atoms with Crippen LogP contribution in [0.1, 0.15) is 16.8 Å². The molecule has 4 heteroatoms. The van der Waals surface area contributed by atoms with Gasteiger partial charge in [0.2, 0.25) is 0 Å². The SMILES string of the molecule is Cc1cccc(-n2nnc(CO)c2-c2ccccc2)c1C. The largest absolute Gasteiger partial charge is 0.390 e. The van der Waals surface area contributed by atoms with Gasteiger partial charge in [-0.2, -0.15) is 0 Å². The van der Waals surface area contributed by atoms with Crippen LogP contribution >= 0.6 is 0 Å². The molecular weight excluding hydrogens is 262 g/mol. The maximum Gasteiger partial charge on any atom is 0.117 e. The Morgan fingerprint density at radius 3 is 2.48 bits per heavy atom. The fourth-order valence-electron chi connectivity index (χ4n) is 2.44. The number of hydrogen-bond donors (Lipinski definition) is 1. The van der Waals surface area contributed by atoms with Gasteiger partial charge in [-0.1, -0.05) is 47.7 Å². The monoisotopic (exact) mass is 279 g/mol. The van der Waals surface area contributed by atoms with Crippen LogP contribution < -0.4 is 0 Å². The van der Waals surface area contributed by atoms with Gasteiger partial charge in [-0.05, 0) is 31.0 Å². The Bertz CT molecular complexity index is 763. The number of aryl methyl sites for hydroxylation is 1. The first-order valence-corrected chi connectivity index (χ1v) is 6.90. The van der Waals surface area contributed by atoms with E-state index in [1.165, 1.54) is 5.56 Å². The summed E-state index contributed by atoms with van der Waals surface area (Å²) in [4.78, 5) is 0. The molecule has 0 aliphatic rings. The molecule has 1 N–H and O–H groups in total. The molecule has 4 nitrogen and oxygen atoms in total. The summed E-state index contributed by atoms with van der Waals surface area (Å²) < 4.78 is 1.81. The molecule has 0 fully saturated rings. The van der Waals surface area contributed by atoms with E-state index in [4.69, 9.17) is 0 Å². The lowest BCUT2D eigenvalue weighted by Gasteiger charge is -2.12. The summed E-state index contributed by atoms with van der Waals surface area (Å²) in [5.41, 5.74) is 5.76. The number of aliphatic hydroxyl groups excluding tert-OH is 1. The second-order valence-electron chi connectivity index (χ2n) is 5.04. The van der Waals surface area contributed by atoms with Gasteiger partial charge in [0, 0.05) is 5.56 Å². The molecule has 0 radical (unpaired) electrons. The Kier molecular flexibility index (Phi) is 3.54. The molecule has 3 rings (SSSR count). The lowest BCUT2D eigenvalue weighted by atomic mass is 10.1. The zero-order valence-electron chi connectivity index (χ0n) is 12.1. The molecule has 106 valence electrons. The molecule has 0 saturated heterocycles. The molecule has 1 heterocycles. The minimum Gasteiger partial charge on any atom is -0.390 e. The number of hydrogen-bond acceptors (Lipinski definition) is 3. The minimum absolute atomic E-state index is 0.130. The average Bonchev–Trinajstić information content (AvgIpc) is 2.94. The van der Waals surface area contributed by atoms with Crippen molar-refractivity contribution < 1.29 is 5.11 Å².